The summed E-state index contributed by atoms with van der Waals surface area (Å²) >= 11 is 0. The molecule has 24 heavy (non-hydrogen) atoms. The smallest absolute Gasteiger partial charge is 0.345 e. The van der Waals surface area contributed by atoms with E-state index in [-0.39, 0.29) is 18.2 Å². The first-order chi connectivity index (χ1) is 11.7. The lowest BCUT2D eigenvalue weighted by Gasteiger charge is -2.15. The highest BCUT2D eigenvalue weighted by Gasteiger charge is 2.21. The molecule has 0 aliphatic heterocycles. The number of hydrogen-bond donors (Lipinski definition) is 1. The Morgan fingerprint density at radius 1 is 1.25 bits per heavy atom. The number of fused-ring (bicyclic) bond motifs is 1. The maximum atomic E-state index is 12.1. The lowest BCUT2D eigenvalue weighted by Crippen LogP contribution is -2.30. The van der Waals surface area contributed by atoms with Crippen molar-refractivity contribution in [3.05, 3.63) is 60.0 Å². The number of aromatic nitrogens is 1. The van der Waals surface area contributed by atoms with Crippen LogP contribution in [0.1, 0.15) is 15.9 Å². The molecule has 124 valence electrons. The van der Waals surface area contributed by atoms with Crippen LogP contribution in [0.3, 0.4) is 0 Å². The van der Waals surface area contributed by atoms with Crippen molar-refractivity contribution in [2.24, 2.45) is 5.73 Å². The molecule has 0 aliphatic carbocycles. The van der Waals surface area contributed by atoms with Crippen LogP contribution in [-0.2, 0) is 11.2 Å². The number of carbonyl (C=O) groups is 1. The predicted octanol–water partition coefficient (Wildman–Crippen LogP) is 2.56. The van der Waals surface area contributed by atoms with Crippen molar-refractivity contribution in [1.29, 1.82) is 0 Å². The number of rotatable bonds is 6. The van der Waals surface area contributed by atoms with Crippen molar-refractivity contribution in [2.75, 3.05) is 13.7 Å². The summed E-state index contributed by atoms with van der Waals surface area (Å²) < 4.78 is 15.9. The summed E-state index contributed by atoms with van der Waals surface area (Å²) in [6.07, 6.45) is 1.96. The van der Waals surface area contributed by atoms with Gasteiger partial charge in [0.05, 0.1) is 7.11 Å². The lowest BCUT2D eigenvalue weighted by molar-refractivity contribution is 0.0596. The molecule has 3 rings (SSSR count). The molecule has 6 nitrogen and oxygen atoms in total. The maximum Gasteiger partial charge on any atom is 0.345 e. The second-order valence-electron chi connectivity index (χ2n) is 5.39. The molecule has 0 saturated carbocycles. The molecule has 1 heterocycles. The van der Waals surface area contributed by atoms with Crippen molar-refractivity contribution in [2.45, 2.75) is 12.5 Å². The Labute approximate surface area is 139 Å². The van der Waals surface area contributed by atoms with Gasteiger partial charge in [0, 0.05) is 6.04 Å². The van der Waals surface area contributed by atoms with Gasteiger partial charge in [-0.15, -0.1) is 0 Å². The number of carbonyl (C=O) groups excluding carboxylic acids is 1. The third-order valence-electron chi connectivity index (χ3n) is 3.64. The number of nitrogens with two attached hydrogens (primary N) is 1. The van der Waals surface area contributed by atoms with Gasteiger partial charge in [0.1, 0.15) is 23.4 Å². The summed E-state index contributed by atoms with van der Waals surface area (Å²) in [6, 6.07) is 13.1. The molecule has 2 N–H and O–H groups in total. The Bertz CT molecular complexity index is 829. The van der Waals surface area contributed by atoms with E-state index < -0.39 is 5.97 Å². The van der Waals surface area contributed by atoms with Crippen molar-refractivity contribution < 1.29 is 18.7 Å². The van der Waals surface area contributed by atoms with E-state index in [2.05, 4.69) is 4.98 Å². The minimum Gasteiger partial charge on any atom is -0.491 e. The first-order valence-electron chi connectivity index (χ1n) is 7.56. The van der Waals surface area contributed by atoms with Gasteiger partial charge in [-0.2, -0.15) is 0 Å². The minimum absolute atomic E-state index is 0.205. The molecule has 6 heteroatoms. The van der Waals surface area contributed by atoms with E-state index >= 15 is 0 Å². The monoisotopic (exact) mass is 326 g/mol. The van der Waals surface area contributed by atoms with E-state index in [1.165, 1.54) is 13.5 Å². The Balaban J connectivity index is 1.76. The fourth-order valence-electron chi connectivity index (χ4n) is 2.50. The van der Waals surface area contributed by atoms with Gasteiger partial charge in [-0.05, 0) is 24.1 Å². The number of nitrogens with zero attached hydrogens (tertiary/aromatic N) is 1. The SMILES string of the molecule is COC(=O)c1c(OC[C@H](N)Cc2ccccc2)ccc2ncoc12. The van der Waals surface area contributed by atoms with Gasteiger partial charge < -0.3 is 19.6 Å². The lowest BCUT2D eigenvalue weighted by atomic mass is 10.1. The van der Waals surface area contributed by atoms with Crippen LogP contribution in [0.5, 0.6) is 5.75 Å². The largest absolute Gasteiger partial charge is 0.491 e. The summed E-state index contributed by atoms with van der Waals surface area (Å²) in [5, 5.41) is 0. The highest BCUT2D eigenvalue weighted by Crippen LogP contribution is 2.28. The predicted molar refractivity (Wildman–Crippen MR) is 89.0 cm³/mol. The number of esters is 1. The summed E-state index contributed by atoms with van der Waals surface area (Å²) in [4.78, 5) is 16.1. The van der Waals surface area contributed by atoms with E-state index in [1.54, 1.807) is 12.1 Å². The third-order valence-corrected chi connectivity index (χ3v) is 3.64. The van der Waals surface area contributed by atoms with E-state index in [9.17, 15) is 4.79 Å². The van der Waals surface area contributed by atoms with Gasteiger partial charge in [0.2, 0.25) is 0 Å². The molecule has 0 aliphatic rings. The fraction of sp³-hybridized carbons (Fsp3) is 0.222. The van der Waals surface area contributed by atoms with Crippen molar-refractivity contribution in [3.8, 4) is 5.75 Å². The highest BCUT2D eigenvalue weighted by molar-refractivity contribution is 6.03. The first kappa shape index (κ1) is 16.0. The fourth-order valence-corrected chi connectivity index (χ4v) is 2.50. The molecule has 0 spiro atoms. The zero-order valence-corrected chi connectivity index (χ0v) is 13.3. The third kappa shape index (κ3) is 3.38. The summed E-state index contributed by atoms with van der Waals surface area (Å²) in [5.41, 5.74) is 8.39. The maximum absolute atomic E-state index is 12.1. The summed E-state index contributed by atoms with van der Waals surface area (Å²) in [5.74, 6) is -0.168. The second kappa shape index (κ2) is 7.14. The number of hydrogen-bond acceptors (Lipinski definition) is 6. The topological polar surface area (TPSA) is 87.6 Å². The van der Waals surface area contributed by atoms with E-state index in [0.717, 1.165) is 5.56 Å². The second-order valence-corrected chi connectivity index (χ2v) is 5.39. The van der Waals surface area contributed by atoms with Gasteiger partial charge in [0.25, 0.3) is 0 Å². The van der Waals surface area contributed by atoms with Crippen LogP contribution in [0.15, 0.2) is 53.3 Å². The summed E-state index contributed by atoms with van der Waals surface area (Å²) in [7, 11) is 1.31. The highest BCUT2D eigenvalue weighted by atomic mass is 16.5. The quantitative estimate of drug-likeness (QED) is 0.701. The van der Waals surface area contributed by atoms with Gasteiger partial charge in [0.15, 0.2) is 12.0 Å². The Hall–Kier alpha value is -2.86. The van der Waals surface area contributed by atoms with E-state index in [1.807, 2.05) is 30.3 Å². The van der Waals surface area contributed by atoms with Gasteiger partial charge in [-0.1, -0.05) is 30.3 Å². The van der Waals surface area contributed by atoms with Crippen LogP contribution in [0.4, 0.5) is 0 Å². The average molecular weight is 326 g/mol. The molecule has 0 amide bonds. The molecular formula is C18H18N2O4. The molecule has 1 atom stereocenters. The molecule has 3 aromatic rings. The normalized spacial score (nSPS) is 12.1. The zero-order chi connectivity index (χ0) is 16.9. The number of ether oxygens (including phenoxy) is 2. The standard InChI is InChI=1S/C18H18N2O4/c1-22-18(21)16-15(8-7-14-17(16)24-11-20-14)23-10-13(19)9-12-5-3-2-4-6-12/h2-8,11,13H,9-10,19H2,1H3/t13-/m1/s1. The van der Waals surface area contributed by atoms with Crippen LogP contribution < -0.4 is 10.5 Å². The molecule has 0 bridgehead atoms. The molecule has 0 saturated heterocycles. The number of oxazole rings is 1. The Morgan fingerprint density at radius 3 is 2.79 bits per heavy atom. The van der Waals surface area contributed by atoms with Crippen molar-refractivity contribution in [3.63, 3.8) is 0 Å². The van der Waals surface area contributed by atoms with E-state index in [4.69, 9.17) is 19.6 Å². The average Bonchev–Trinajstić information content (AvgIpc) is 3.08. The summed E-state index contributed by atoms with van der Waals surface area (Å²) in [6.45, 7) is 0.262. The molecule has 1 aromatic heterocycles. The van der Waals surface area contributed by atoms with Crippen LogP contribution in [-0.4, -0.2) is 30.7 Å². The number of methoxy groups -OCH3 is 1. The van der Waals surface area contributed by atoms with Crippen molar-refractivity contribution >= 4 is 17.1 Å². The van der Waals surface area contributed by atoms with Gasteiger partial charge in [-0.3, -0.25) is 0 Å². The van der Waals surface area contributed by atoms with Crippen LogP contribution in [0.2, 0.25) is 0 Å². The molecule has 2 aromatic carbocycles. The minimum atomic E-state index is -0.538. The molecular weight excluding hydrogens is 308 g/mol. The number of benzene rings is 2. The molecule has 0 radical (unpaired) electrons. The first-order valence-corrected chi connectivity index (χ1v) is 7.56. The molecule has 0 fully saturated rings. The molecule has 0 unspecified atom stereocenters. The van der Waals surface area contributed by atoms with Crippen LogP contribution >= 0.6 is 0 Å². The van der Waals surface area contributed by atoms with Crippen LogP contribution in [0.25, 0.3) is 11.1 Å². The Kier molecular flexibility index (Phi) is 4.77. The Morgan fingerprint density at radius 2 is 2.04 bits per heavy atom. The van der Waals surface area contributed by atoms with Crippen molar-refractivity contribution in [1.82, 2.24) is 4.98 Å². The van der Waals surface area contributed by atoms with E-state index in [0.29, 0.717) is 23.3 Å². The van der Waals surface area contributed by atoms with Gasteiger partial charge >= 0.3 is 5.97 Å². The van der Waals surface area contributed by atoms with Gasteiger partial charge in [-0.25, -0.2) is 9.78 Å². The zero-order valence-electron chi connectivity index (χ0n) is 13.3. The van der Waals surface area contributed by atoms with Crippen LogP contribution in [0, 0.1) is 0 Å².